The van der Waals surface area contributed by atoms with Crippen LogP contribution in [0.5, 0.6) is 0 Å². The van der Waals surface area contributed by atoms with Gasteiger partial charge in [0.15, 0.2) is 0 Å². The van der Waals surface area contributed by atoms with Crippen molar-refractivity contribution in [3.05, 3.63) is 34.0 Å². The van der Waals surface area contributed by atoms with Crippen molar-refractivity contribution in [2.75, 3.05) is 0 Å². The molecular weight excluding hydrogens is 271 g/mol. The Kier molecular flexibility index (Phi) is 4.22. The summed E-state index contributed by atoms with van der Waals surface area (Å²) < 4.78 is 2.43. The fraction of sp³-hybridized carbons (Fsp3) is 0.462. The molecule has 1 unspecified atom stereocenters. The van der Waals surface area contributed by atoms with Gasteiger partial charge in [0.1, 0.15) is 0 Å². The first-order valence-corrected chi connectivity index (χ1v) is 6.98. The van der Waals surface area contributed by atoms with Gasteiger partial charge in [0.2, 0.25) is 0 Å². The van der Waals surface area contributed by atoms with E-state index in [-0.39, 0.29) is 21.3 Å². The van der Waals surface area contributed by atoms with Crippen LogP contribution < -0.4 is 0 Å². The molecule has 15 heavy (non-hydrogen) atoms. The van der Waals surface area contributed by atoms with Crippen LogP contribution in [0.4, 0.5) is 0 Å². The molecule has 0 aliphatic carbocycles. The Balaban J connectivity index is 2.65. The Morgan fingerprint density at radius 3 is 2.53 bits per heavy atom. The van der Waals surface area contributed by atoms with Gasteiger partial charge in [-0.3, -0.25) is 0 Å². The van der Waals surface area contributed by atoms with E-state index in [1.54, 1.807) is 0 Å². The molecule has 0 N–H and O–H groups in total. The molecule has 1 heterocycles. The van der Waals surface area contributed by atoms with Crippen LogP contribution in [0.1, 0.15) is 34.6 Å². The van der Waals surface area contributed by atoms with Gasteiger partial charge in [-0.2, -0.15) is 0 Å². The summed E-state index contributed by atoms with van der Waals surface area (Å²) in [4.78, 5) is 4.65. The molecule has 1 aliphatic rings. The topological polar surface area (TPSA) is 12.4 Å². The van der Waals surface area contributed by atoms with E-state index in [1.807, 2.05) is 0 Å². The van der Waals surface area contributed by atoms with Crippen molar-refractivity contribution >= 4 is 5.71 Å². The molecule has 0 amide bonds. The van der Waals surface area contributed by atoms with Gasteiger partial charge in [-0.1, -0.05) is 0 Å². The molecule has 0 aromatic rings. The van der Waals surface area contributed by atoms with E-state index in [2.05, 4.69) is 62.5 Å². The van der Waals surface area contributed by atoms with Crippen molar-refractivity contribution in [1.82, 2.24) is 0 Å². The Labute approximate surface area is 101 Å². The summed E-state index contributed by atoms with van der Waals surface area (Å²) in [6.07, 6.45) is 6.58. The summed E-state index contributed by atoms with van der Waals surface area (Å²) in [7, 11) is 0. The van der Waals surface area contributed by atoms with Crippen LogP contribution in [0.25, 0.3) is 0 Å². The minimum atomic E-state index is 0.0769. The second-order valence-corrected chi connectivity index (χ2v) is 7.02. The quantitative estimate of drug-likeness (QED) is 0.555. The first-order chi connectivity index (χ1) is 6.91. The van der Waals surface area contributed by atoms with Gasteiger partial charge >= 0.3 is 101 Å². The second kappa shape index (κ2) is 5.03. The standard InChI is InChI=1S/C7H11.C6H8N.Ru/c1-6(2)5-7(3)4;1-5-3-4-6(2)7-5;/h1,5H,2-4H3;3-4H,1-2H3;. The zero-order valence-electron chi connectivity index (χ0n) is 10.1. The fourth-order valence-electron chi connectivity index (χ4n) is 1.41. The van der Waals surface area contributed by atoms with E-state index in [0.29, 0.717) is 0 Å². The predicted molar refractivity (Wildman–Crippen MR) is 63.8 cm³/mol. The van der Waals surface area contributed by atoms with Crippen molar-refractivity contribution in [2.45, 2.75) is 38.8 Å². The summed E-state index contributed by atoms with van der Waals surface area (Å²) in [5.41, 5.74) is 3.87. The molecule has 1 aliphatic heterocycles. The summed E-state index contributed by atoms with van der Waals surface area (Å²) >= 11 is 0.144. The third-order valence-electron chi connectivity index (χ3n) is 1.95. The van der Waals surface area contributed by atoms with E-state index in [9.17, 15) is 0 Å². The van der Waals surface area contributed by atoms with Crippen molar-refractivity contribution in [1.29, 1.82) is 0 Å². The van der Waals surface area contributed by atoms with Crippen LogP contribution in [0.3, 0.4) is 0 Å². The number of allylic oxidation sites excluding steroid dienone is 4. The predicted octanol–water partition coefficient (Wildman–Crippen LogP) is 3.69. The normalized spacial score (nSPS) is 25.7. The molecule has 1 nitrogen and oxygen atoms in total. The van der Waals surface area contributed by atoms with Crippen molar-refractivity contribution in [2.24, 2.45) is 4.99 Å². The van der Waals surface area contributed by atoms with Gasteiger partial charge in [-0.15, -0.1) is 0 Å². The molecule has 84 valence electrons. The first-order valence-electron chi connectivity index (χ1n) is 5.10. The van der Waals surface area contributed by atoms with Crippen LogP contribution >= 0.6 is 0 Å². The summed E-state index contributed by atoms with van der Waals surface area (Å²) in [5.74, 6) is 0. The molecule has 2 heteroatoms. The first kappa shape index (κ1) is 12.6. The molecule has 0 aromatic heterocycles. The van der Waals surface area contributed by atoms with Gasteiger partial charge in [-0.05, 0) is 0 Å². The third-order valence-corrected chi connectivity index (χ3v) is 4.49. The molecule has 1 atom stereocenters. The molecule has 0 fully saturated rings. The zero-order chi connectivity index (χ0) is 11.5. The number of rotatable bonds is 3. The van der Waals surface area contributed by atoms with Gasteiger partial charge in [-0.25, -0.2) is 0 Å². The molecule has 0 saturated heterocycles. The Morgan fingerprint density at radius 1 is 1.40 bits per heavy atom. The number of hydrogen-bond acceptors (Lipinski definition) is 1. The molecule has 0 aromatic carbocycles. The van der Waals surface area contributed by atoms with Gasteiger partial charge in [0.05, 0.1) is 0 Å². The molecule has 0 bridgehead atoms. The Morgan fingerprint density at radius 2 is 2.07 bits per heavy atom. The van der Waals surface area contributed by atoms with Crippen LogP contribution in [0.15, 0.2) is 39.0 Å². The molecule has 0 spiro atoms. The molecule has 0 saturated carbocycles. The monoisotopic (exact) mass is 291 g/mol. The summed E-state index contributed by atoms with van der Waals surface area (Å²) in [6, 6.07) is 0. The fourth-order valence-corrected chi connectivity index (χ4v) is 3.19. The van der Waals surface area contributed by atoms with Crippen LogP contribution in [0, 0.1) is 0 Å². The Bertz CT molecular complexity index is 357. The van der Waals surface area contributed by atoms with Gasteiger partial charge in [0.25, 0.3) is 0 Å². The van der Waals surface area contributed by atoms with E-state index in [4.69, 9.17) is 0 Å². The molecular formula is C13H19NRu. The van der Waals surface area contributed by atoms with E-state index in [1.165, 1.54) is 11.1 Å². The Hall–Kier alpha value is -0.487. The summed E-state index contributed by atoms with van der Waals surface area (Å²) in [5, 5.41) is 0. The van der Waals surface area contributed by atoms with Gasteiger partial charge < -0.3 is 0 Å². The average molecular weight is 290 g/mol. The van der Waals surface area contributed by atoms with Crippen molar-refractivity contribution in [3.63, 3.8) is 0 Å². The average Bonchev–Trinajstić information content (AvgIpc) is 2.43. The zero-order valence-corrected chi connectivity index (χ0v) is 11.8. The van der Waals surface area contributed by atoms with Crippen molar-refractivity contribution in [3.8, 4) is 0 Å². The SMILES string of the molecule is CC(C)=CC(C)=[CH][Ru][C]1(C)C=CC(C)=N1. The molecule has 1 rings (SSSR count). The van der Waals surface area contributed by atoms with Gasteiger partial charge in [0, 0.05) is 0 Å². The van der Waals surface area contributed by atoms with E-state index in [0.717, 1.165) is 5.71 Å². The van der Waals surface area contributed by atoms with Crippen LogP contribution in [-0.4, -0.2) is 9.84 Å². The number of nitrogens with zero attached hydrogens (tertiary/aromatic N) is 1. The summed E-state index contributed by atoms with van der Waals surface area (Å²) in [6.45, 7) is 10.7. The van der Waals surface area contributed by atoms with E-state index < -0.39 is 0 Å². The van der Waals surface area contributed by atoms with Crippen LogP contribution in [0.2, 0.25) is 0 Å². The van der Waals surface area contributed by atoms with Crippen molar-refractivity contribution < 1.29 is 17.1 Å². The third kappa shape index (κ3) is 4.26. The van der Waals surface area contributed by atoms with Crippen LogP contribution in [-0.2, 0) is 17.1 Å². The molecule has 0 radical (unpaired) electrons. The number of aliphatic imine (C=N–C) groups is 1. The number of hydrogen-bond donors (Lipinski definition) is 0. The van der Waals surface area contributed by atoms with E-state index >= 15 is 0 Å². The maximum absolute atomic E-state index is 4.65. The minimum absolute atomic E-state index is 0.0769. The second-order valence-electron chi connectivity index (χ2n) is 4.26. The maximum atomic E-state index is 4.65.